The van der Waals surface area contributed by atoms with Crippen LogP contribution in [-0.4, -0.2) is 25.6 Å². The fourth-order valence-electron chi connectivity index (χ4n) is 1.63. The number of rotatable bonds is 6. The van der Waals surface area contributed by atoms with Gasteiger partial charge in [0.25, 0.3) is 0 Å². The zero-order valence-electron chi connectivity index (χ0n) is 10.9. The summed E-state index contributed by atoms with van der Waals surface area (Å²) in [6.45, 7) is 1.99. The minimum Gasteiger partial charge on any atom is -0.383 e. The van der Waals surface area contributed by atoms with E-state index in [2.05, 4.69) is 22.6 Å². The smallest absolute Gasteiger partial charge is 0.160 e. The molecule has 0 heterocycles. The van der Waals surface area contributed by atoms with Gasteiger partial charge in [-0.2, -0.15) is 0 Å². The first kappa shape index (κ1) is 15.6. The average molecular weight is 362 g/mol. The molecular formula is C14H19IO3. The minimum absolute atomic E-state index is 0.266. The molecule has 1 aromatic carbocycles. The zero-order chi connectivity index (χ0) is 13.5. The van der Waals surface area contributed by atoms with Gasteiger partial charge in [0.2, 0.25) is 0 Å². The Bertz CT molecular complexity index is 385. The molecule has 0 saturated carbocycles. The van der Waals surface area contributed by atoms with E-state index in [0.717, 1.165) is 14.7 Å². The van der Waals surface area contributed by atoms with Crippen molar-refractivity contribution >= 4 is 22.6 Å². The van der Waals surface area contributed by atoms with E-state index < -0.39 is 6.10 Å². The van der Waals surface area contributed by atoms with Gasteiger partial charge in [0.05, 0.1) is 0 Å². The Kier molecular flexibility index (Phi) is 6.85. The lowest BCUT2D eigenvalue weighted by Gasteiger charge is -2.17. The van der Waals surface area contributed by atoms with Gasteiger partial charge in [0, 0.05) is 24.2 Å². The summed E-state index contributed by atoms with van der Waals surface area (Å²) in [5.41, 5.74) is 1.97. The average Bonchev–Trinajstić information content (AvgIpc) is 2.43. The molecular weight excluding hydrogens is 343 g/mol. The van der Waals surface area contributed by atoms with Crippen LogP contribution < -0.4 is 0 Å². The molecule has 4 heteroatoms. The maximum Gasteiger partial charge on any atom is 0.160 e. The molecule has 0 amide bonds. The van der Waals surface area contributed by atoms with Crippen molar-refractivity contribution in [1.82, 2.24) is 0 Å². The first-order valence-corrected chi connectivity index (χ1v) is 6.81. The molecule has 0 radical (unpaired) electrons. The molecule has 0 aliphatic carbocycles. The van der Waals surface area contributed by atoms with Crippen LogP contribution >= 0.6 is 22.6 Å². The predicted octanol–water partition coefficient (Wildman–Crippen LogP) is 3.44. The molecule has 1 aromatic rings. The van der Waals surface area contributed by atoms with E-state index >= 15 is 0 Å². The normalized spacial score (nSPS) is 14.6. The summed E-state index contributed by atoms with van der Waals surface area (Å²) in [6, 6.07) is 9.61. The van der Waals surface area contributed by atoms with Crippen LogP contribution in [0.4, 0.5) is 0 Å². The summed E-state index contributed by atoms with van der Waals surface area (Å²) in [6.07, 6.45) is -0.200. The zero-order valence-corrected chi connectivity index (χ0v) is 13.0. The Balaban J connectivity index is 2.81. The molecule has 0 bridgehead atoms. The standard InChI is InChI=1S/C14H19IO3/c1-10(9-12(17-2)18-3)13(15)14(16)11-7-5-4-6-8-11/h4-8,12,14,16H,9H2,1-3H3/b13-10+. The highest BCUT2D eigenvalue weighted by Crippen LogP contribution is 2.31. The Morgan fingerprint density at radius 3 is 2.28 bits per heavy atom. The lowest BCUT2D eigenvalue weighted by molar-refractivity contribution is -0.100. The monoisotopic (exact) mass is 362 g/mol. The largest absolute Gasteiger partial charge is 0.383 e. The van der Waals surface area contributed by atoms with Gasteiger partial charge in [0.15, 0.2) is 6.29 Å². The van der Waals surface area contributed by atoms with Crippen molar-refractivity contribution in [2.24, 2.45) is 0 Å². The molecule has 0 aromatic heterocycles. The van der Waals surface area contributed by atoms with E-state index in [4.69, 9.17) is 9.47 Å². The minimum atomic E-state index is -0.582. The second-order valence-corrected chi connectivity index (χ2v) is 5.21. The van der Waals surface area contributed by atoms with Crippen molar-refractivity contribution in [3.05, 3.63) is 45.0 Å². The van der Waals surface area contributed by atoms with Gasteiger partial charge in [-0.1, -0.05) is 35.9 Å². The molecule has 3 nitrogen and oxygen atoms in total. The van der Waals surface area contributed by atoms with E-state index in [1.165, 1.54) is 0 Å². The lowest BCUT2D eigenvalue weighted by atomic mass is 10.1. The molecule has 0 fully saturated rings. The van der Waals surface area contributed by atoms with Crippen molar-refractivity contribution in [2.75, 3.05) is 14.2 Å². The number of ether oxygens (including phenoxy) is 2. The van der Waals surface area contributed by atoms with Crippen LogP contribution in [0.2, 0.25) is 0 Å². The van der Waals surface area contributed by atoms with E-state index in [1.54, 1.807) is 14.2 Å². The molecule has 0 aliphatic rings. The predicted molar refractivity (Wildman–Crippen MR) is 80.5 cm³/mol. The summed E-state index contributed by atoms with van der Waals surface area (Å²) in [7, 11) is 3.23. The molecule has 100 valence electrons. The van der Waals surface area contributed by atoms with Crippen molar-refractivity contribution in [3.8, 4) is 0 Å². The van der Waals surface area contributed by atoms with E-state index in [0.29, 0.717) is 6.42 Å². The fraction of sp³-hybridized carbons (Fsp3) is 0.429. The third-order valence-electron chi connectivity index (χ3n) is 2.76. The van der Waals surface area contributed by atoms with Crippen LogP contribution in [0.1, 0.15) is 25.0 Å². The van der Waals surface area contributed by atoms with Crippen LogP contribution in [0.25, 0.3) is 0 Å². The SMILES string of the molecule is COC(C/C(C)=C(/I)C(O)c1ccccc1)OC. The lowest BCUT2D eigenvalue weighted by Crippen LogP contribution is -2.14. The Morgan fingerprint density at radius 1 is 1.22 bits per heavy atom. The number of hydrogen-bond donors (Lipinski definition) is 1. The van der Waals surface area contributed by atoms with Gasteiger partial charge in [0.1, 0.15) is 6.10 Å². The third kappa shape index (κ3) is 4.35. The number of methoxy groups -OCH3 is 2. The summed E-state index contributed by atoms with van der Waals surface area (Å²) >= 11 is 2.18. The number of hydrogen-bond acceptors (Lipinski definition) is 3. The summed E-state index contributed by atoms with van der Waals surface area (Å²) < 4.78 is 11.2. The second kappa shape index (κ2) is 7.89. The third-order valence-corrected chi connectivity index (χ3v) is 4.27. The summed E-state index contributed by atoms with van der Waals surface area (Å²) in [5, 5.41) is 10.3. The van der Waals surface area contributed by atoms with Crippen LogP contribution in [-0.2, 0) is 9.47 Å². The molecule has 1 rings (SSSR count). The van der Waals surface area contributed by atoms with Crippen molar-refractivity contribution in [3.63, 3.8) is 0 Å². The number of aliphatic hydroxyl groups excluding tert-OH is 1. The Labute approximate surface area is 122 Å². The highest BCUT2D eigenvalue weighted by Gasteiger charge is 2.15. The molecule has 1 N–H and O–H groups in total. The van der Waals surface area contributed by atoms with E-state index in [9.17, 15) is 5.11 Å². The quantitative estimate of drug-likeness (QED) is 0.623. The molecule has 1 atom stereocenters. The number of halogens is 1. The Morgan fingerprint density at radius 2 is 1.78 bits per heavy atom. The molecule has 0 aliphatic heterocycles. The fourth-order valence-corrected chi connectivity index (χ4v) is 2.21. The Hall–Kier alpha value is -0.430. The number of aliphatic hydroxyl groups is 1. The van der Waals surface area contributed by atoms with Crippen molar-refractivity contribution < 1.29 is 14.6 Å². The molecule has 0 saturated heterocycles. The van der Waals surface area contributed by atoms with E-state index in [-0.39, 0.29) is 6.29 Å². The maximum absolute atomic E-state index is 10.3. The first-order chi connectivity index (χ1) is 8.60. The van der Waals surface area contributed by atoms with Crippen LogP contribution in [0, 0.1) is 0 Å². The molecule has 0 spiro atoms. The second-order valence-electron chi connectivity index (χ2n) is 4.05. The van der Waals surface area contributed by atoms with Crippen LogP contribution in [0.15, 0.2) is 39.5 Å². The molecule has 1 unspecified atom stereocenters. The highest BCUT2D eigenvalue weighted by molar-refractivity contribution is 14.1. The van der Waals surface area contributed by atoms with Gasteiger partial charge in [-0.05, 0) is 35.1 Å². The summed E-state index contributed by atoms with van der Waals surface area (Å²) in [5.74, 6) is 0. The maximum atomic E-state index is 10.3. The van der Waals surface area contributed by atoms with Gasteiger partial charge in [-0.3, -0.25) is 0 Å². The van der Waals surface area contributed by atoms with Crippen LogP contribution in [0.5, 0.6) is 0 Å². The van der Waals surface area contributed by atoms with Crippen molar-refractivity contribution in [2.45, 2.75) is 25.7 Å². The van der Waals surface area contributed by atoms with Gasteiger partial charge in [-0.25, -0.2) is 0 Å². The van der Waals surface area contributed by atoms with Crippen molar-refractivity contribution in [1.29, 1.82) is 0 Å². The van der Waals surface area contributed by atoms with Crippen LogP contribution in [0.3, 0.4) is 0 Å². The first-order valence-electron chi connectivity index (χ1n) is 5.73. The van der Waals surface area contributed by atoms with Gasteiger partial charge in [-0.15, -0.1) is 0 Å². The van der Waals surface area contributed by atoms with E-state index in [1.807, 2.05) is 37.3 Å². The number of benzene rings is 1. The topological polar surface area (TPSA) is 38.7 Å². The van der Waals surface area contributed by atoms with Gasteiger partial charge >= 0.3 is 0 Å². The van der Waals surface area contributed by atoms with Gasteiger partial charge < -0.3 is 14.6 Å². The molecule has 18 heavy (non-hydrogen) atoms. The highest BCUT2D eigenvalue weighted by atomic mass is 127. The summed E-state index contributed by atoms with van der Waals surface area (Å²) in [4.78, 5) is 0.